The lowest BCUT2D eigenvalue weighted by atomic mass is 9.76. The third-order valence-electron chi connectivity index (χ3n) is 5.67. The molecule has 0 saturated carbocycles. The first kappa shape index (κ1) is 16.7. The Bertz CT molecular complexity index is 915. The Morgan fingerprint density at radius 2 is 1.65 bits per heavy atom. The normalized spacial score (nSPS) is 17.0. The summed E-state index contributed by atoms with van der Waals surface area (Å²) in [6.07, 6.45) is 10.8. The Hall–Kier alpha value is -2.74. The molecule has 1 heterocycles. The van der Waals surface area contributed by atoms with E-state index in [0.29, 0.717) is 5.92 Å². The van der Waals surface area contributed by atoms with Gasteiger partial charge in [-0.05, 0) is 65.6 Å². The number of rotatable bonds is 0. The molecule has 3 aromatic rings. The molecule has 0 bridgehead atoms. The van der Waals surface area contributed by atoms with Crippen LogP contribution >= 0.6 is 0 Å². The highest BCUT2D eigenvalue weighted by Crippen LogP contribution is 2.41. The van der Waals surface area contributed by atoms with Gasteiger partial charge >= 0.3 is 0 Å². The van der Waals surface area contributed by atoms with Crippen molar-refractivity contribution in [2.45, 2.75) is 39.0 Å². The van der Waals surface area contributed by atoms with Crippen LogP contribution in [0.4, 0.5) is 0 Å². The molecule has 2 aromatic carbocycles. The van der Waals surface area contributed by atoms with Crippen LogP contribution in [0.1, 0.15) is 42.0 Å². The Morgan fingerprint density at radius 1 is 0.846 bits per heavy atom. The lowest BCUT2D eigenvalue weighted by Gasteiger charge is -2.29. The molecule has 1 aromatic heterocycles. The SMILES string of the molecule is CC1=CCc2c(ccc3c2CCc2ccccc2-3)C1C.c1cncnc1. The van der Waals surface area contributed by atoms with Gasteiger partial charge in [0.1, 0.15) is 6.33 Å². The van der Waals surface area contributed by atoms with Crippen LogP contribution in [0.25, 0.3) is 11.1 Å². The fourth-order valence-electron chi connectivity index (χ4n) is 4.09. The summed E-state index contributed by atoms with van der Waals surface area (Å²) in [5.74, 6) is 0.584. The van der Waals surface area contributed by atoms with Crippen molar-refractivity contribution in [3.8, 4) is 11.1 Å². The van der Waals surface area contributed by atoms with Crippen LogP contribution in [-0.4, -0.2) is 9.97 Å². The maximum Gasteiger partial charge on any atom is 0.115 e. The van der Waals surface area contributed by atoms with E-state index in [-0.39, 0.29) is 0 Å². The van der Waals surface area contributed by atoms with Crippen molar-refractivity contribution in [1.82, 2.24) is 9.97 Å². The number of nitrogens with zero attached hydrogens (tertiary/aromatic N) is 2. The van der Waals surface area contributed by atoms with Crippen molar-refractivity contribution in [3.05, 3.63) is 95.1 Å². The van der Waals surface area contributed by atoms with Crippen molar-refractivity contribution in [1.29, 1.82) is 0 Å². The van der Waals surface area contributed by atoms with Crippen LogP contribution in [0, 0.1) is 0 Å². The van der Waals surface area contributed by atoms with E-state index >= 15 is 0 Å². The molecule has 2 aliphatic carbocycles. The van der Waals surface area contributed by atoms with Crippen LogP contribution in [0.3, 0.4) is 0 Å². The molecule has 0 amide bonds. The first-order valence-electron chi connectivity index (χ1n) is 9.35. The van der Waals surface area contributed by atoms with Gasteiger partial charge in [0.2, 0.25) is 0 Å². The zero-order valence-corrected chi connectivity index (χ0v) is 15.4. The molecule has 1 atom stereocenters. The highest BCUT2D eigenvalue weighted by molar-refractivity contribution is 5.75. The molecule has 2 heteroatoms. The van der Waals surface area contributed by atoms with E-state index in [1.54, 1.807) is 35.2 Å². The smallest absolute Gasteiger partial charge is 0.115 e. The van der Waals surface area contributed by atoms with Crippen LogP contribution < -0.4 is 0 Å². The number of benzene rings is 2. The summed E-state index contributed by atoms with van der Waals surface area (Å²) < 4.78 is 0. The maximum atomic E-state index is 3.67. The van der Waals surface area contributed by atoms with Gasteiger partial charge in [0.15, 0.2) is 0 Å². The monoisotopic (exact) mass is 340 g/mol. The number of fused-ring (bicyclic) bond motifs is 5. The van der Waals surface area contributed by atoms with E-state index in [2.05, 4.69) is 66.3 Å². The first-order chi connectivity index (χ1) is 12.8. The predicted molar refractivity (Wildman–Crippen MR) is 107 cm³/mol. The Labute approximate surface area is 155 Å². The molecule has 1 unspecified atom stereocenters. The van der Waals surface area contributed by atoms with Gasteiger partial charge in [-0.15, -0.1) is 0 Å². The number of aromatic nitrogens is 2. The summed E-state index contributed by atoms with van der Waals surface area (Å²) in [6.45, 7) is 4.61. The van der Waals surface area contributed by atoms with E-state index < -0.39 is 0 Å². The second-order valence-corrected chi connectivity index (χ2v) is 7.09. The van der Waals surface area contributed by atoms with Gasteiger partial charge < -0.3 is 0 Å². The molecule has 2 aliphatic rings. The zero-order chi connectivity index (χ0) is 17.9. The van der Waals surface area contributed by atoms with Crippen LogP contribution in [0.2, 0.25) is 0 Å². The summed E-state index contributed by atoms with van der Waals surface area (Å²) in [5.41, 5.74) is 10.7. The van der Waals surface area contributed by atoms with Crippen molar-refractivity contribution in [2.24, 2.45) is 0 Å². The molecule has 5 rings (SSSR count). The van der Waals surface area contributed by atoms with E-state index in [9.17, 15) is 0 Å². The van der Waals surface area contributed by atoms with Crippen LogP contribution in [0.15, 0.2) is 72.8 Å². The zero-order valence-electron chi connectivity index (χ0n) is 15.4. The molecule has 130 valence electrons. The Balaban J connectivity index is 0.000000240. The summed E-state index contributed by atoms with van der Waals surface area (Å²) in [6, 6.07) is 15.4. The second kappa shape index (κ2) is 7.25. The third-order valence-corrected chi connectivity index (χ3v) is 5.67. The number of hydrogen-bond acceptors (Lipinski definition) is 2. The fraction of sp³-hybridized carbons (Fsp3) is 0.250. The molecular weight excluding hydrogens is 316 g/mol. The predicted octanol–water partition coefficient (Wildman–Crippen LogP) is 5.53. The van der Waals surface area contributed by atoms with Crippen LogP contribution in [0.5, 0.6) is 0 Å². The highest BCUT2D eigenvalue weighted by atomic mass is 14.8. The topological polar surface area (TPSA) is 25.8 Å². The molecule has 0 fully saturated rings. The van der Waals surface area contributed by atoms with Crippen molar-refractivity contribution in [3.63, 3.8) is 0 Å². The molecule has 2 nitrogen and oxygen atoms in total. The molecule has 0 aliphatic heterocycles. The minimum atomic E-state index is 0.584. The molecule has 0 N–H and O–H groups in total. The average molecular weight is 340 g/mol. The van der Waals surface area contributed by atoms with Crippen LogP contribution in [-0.2, 0) is 19.3 Å². The van der Waals surface area contributed by atoms with E-state index in [4.69, 9.17) is 0 Å². The van der Waals surface area contributed by atoms with E-state index in [1.165, 1.54) is 41.4 Å². The lowest BCUT2D eigenvalue weighted by molar-refractivity contribution is 0.820. The fourth-order valence-corrected chi connectivity index (χ4v) is 4.09. The highest BCUT2D eigenvalue weighted by Gasteiger charge is 2.24. The molecule has 0 spiro atoms. The molecule has 0 saturated heterocycles. The lowest BCUT2D eigenvalue weighted by Crippen LogP contribution is -2.13. The molecule has 0 radical (unpaired) electrons. The summed E-state index contributed by atoms with van der Waals surface area (Å²) in [7, 11) is 0. The summed E-state index contributed by atoms with van der Waals surface area (Å²) in [5, 5.41) is 0. The van der Waals surface area contributed by atoms with Gasteiger partial charge in [-0.2, -0.15) is 0 Å². The average Bonchev–Trinajstić information content (AvgIpc) is 2.72. The quantitative estimate of drug-likeness (QED) is 0.503. The minimum absolute atomic E-state index is 0.584. The van der Waals surface area contributed by atoms with Crippen molar-refractivity contribution < 1.29 is 0 Å². The second-order valence-electron chi connectivity index (χ2n) is 7.09. The largest absolute Gasteiger partial charge is 0.245 e. The number of aryl methyl sites for hydroxylation is 1. The Morgan fingerprint density at radius 3 is 2.38 bits per heavy atom. The maximum absolute atomic E-state index is 3.67. The third kappa shape index (κ3) is 3.08. The van der Waals surface area contributed by atoms with Gasteiger partial charge in [-0.3, -0.25) is 0 Å². The van der Waals surface area contributed by atoms with Crippen molar-refractivity contribution >= 4 is 0 Å². The minimum Gasteiger partial charge on any atom is -0.245 e. The number of allylic oxidation sites excluding steroid dienone is 2. The van der Waals surface area contributed by atoms with E-state index in [0.717, 1.165) is 6.42 Å². The van der Waals surface area contributed by atoms with Gasteiger partial charge in [-0.1, -0.05) is 55.0 Å². The van der Waals surface area contributed by atoms with Gasteiger partial charge in [0.25, 0.3) is 0 Å². The van der Waals surface area contributed by atoms with Gasteiger partial charge in [0.05, 0.1) is 0 Å². The first-order valence-corrected chi connectivity index (χ1v) is 9.35. The standard InChI is InChI=1S/C20H20.C4H4N2/c1-13-7-9-18-16(14(13)2)11-12-19-17-6-4-3-5-15(17)8-10-20(18)19;1-2-5-4-6-3-1/h3-7,11-12,14H,8-10H2,1-2H3;1-4H. The summed E-state index contributed by atoms with van der Waals surface area (Å²) >= 11 is 0. The molecular formula is C24H24N2. The number of hydrogen-bond donors (Lipinski definition) is 0. The van der Waals surface area contributed by atoms with Gasteiger partial charge in [-0.25, -0.2) is 9.97 Å². The summed E-state index contributed by atoms with van der Waals surface area (Å²) in [4.78, 5) is 7.35. The Kier molecular flexibility index (Phi) is 4.66. The molecule has 26 heavy (non-hydrogen) atoms. The van der Waals surface area contributed by atoms with Crippen molar-refractivity contribution in [2.75, 3.05) is 0 Å². The van der Waals surface area contributed by atoms with E-state index in [1.807, 2.05) is 0 Å². The van der Waals surface area contributed by atoms with Gasteiger partial charge in [0, 0.05) is 18.3 Å².